The first-order chi connectivity index (χ1) is 8.97. The second-order valence-corrected chi connectivity index (χ2v) is 5.18. The molecule has 1 aliphatic carbocycles. The highest BCUT2D eigenvalue weighted by molar-refractivity contribution is 9.10. The maximum absolute atomic E-state index is 11.7. The van der Waals surface area contributed by atoms with Crippen molar-refractivity contribution < 1.29 is 14.7 Å². The van der Waals surface area contributed by atoms with Gasteiger partial charge in [-0.3, -0.25) is 0 Å². The van der Waals surface area contributed by atoms with Gasteiger partial charge in [-0.15, -0.1) is 0 Å². The van der Waals surface area contributed by atoms with Crippen LogP contribution < -0.4 is 10.6 Å². The van der Waals surface area contributed by atoms with Gasteiger partial charge in [-0.25, -0.2) is 9.59 Å². The predicted molar refractivity (Wildman–Crippen MR) is 70.6 cm³/mol. The second kappa shape index (κ2) is 4.90. The van der Waals surface area contributed by atoms with Crippen molar-refractivity contribution >= 4 is 33.6 Å². The second-order valence-electron chi connectivity index (χ2n) is 4.27. The number of aliphatic carboxylic acids is 1. The minimum Gasteiger partial charge on any atom is -0.480 e. The lowest BCUT2D eigenvalue weighted by atomic mass is 10.2. The number of hydrogen-bond acceptors (Lipinski definition) is 3. The zero-order valence-corrected chi connectivity index (χ0v) is 11.3. The van der Waals surface area contributed by atoms with E-state index in [0.29, 0.717) is 24.1 Å². The van der Waals surface area contributed by atoms with Crippen LogP contribution in [0.4, 0.5) is 10.5 Å². The molecule has 1 aromatic rings. The van der Waals surface area contributed by atoms with Gasteiger partial charge in [-0.05, 0) is 31.0 Å². The van der Waals surface area contributed by atoms with E-state index in [4.69, 9.17) is 10.4 Å². The summed E-state index contributed by atoms with van der Waals surface area (Å²) >= 11 is 3.22. The number of nitrogens with zero attached hydrogens (tertiary/aromatic N) is 1. The summed E-state index contributed by atoms with van der Waals surface area (Å²) in [5, 5.41) is 22.8. The van der Waals surface area contributed by atoms with Crippen molar-refractivity contribution in [2.75, 3.05) is 5.32 Å². The van der Waals surface area contributed by atoms with Gasteiger partial charge in [0.05, 0.1) is 11.3 Å². The van der Waals surface area contributed by atoms with E-state index < -0.39 is 17.5 Å². The SMILES string of the molecule is N#Cc1cc(Br)ccc1NC(=O)NC1(C(=O)O)CC1. The number of rotatable bonds is 3. The fraction of sp³-hybridized carbons (Fsp3) is 0.250. The van der Waals surface area contributed by atoms with Crippen molar-refractivity contribution in [3.05, 3.63) is 28.2 Å². The van der Waals surface area contributed by atoms with Gasteiger partial charge in [-0.1, -0.05) is 15.9 Å². The third-order valence-electron chi connectivity index (χ3n) is 2.86. The van der Waals surface area contributed by atoms with Gasteiger partial charge >= 0.3 is 12.0 Å². The molecular weight excluding hydrogens is 314 g/mol. The monoisotopic (exact) mass is 323 g/mol. The Labute approximate surface area is 117 Å². The molecular formula is C12H10BrN3O3. The minimum absolute atomic E-state index is 0.296. The number of carbonyl (C=O) groups excluding carboxylic acids is 1. The van der Waals surface area contributed by atoms with Crippen LogP contribution in [0.25, 0.3) is 0 Å². The zero-order valence-electron chi connectivity index (χ0n) is 9.74. The average molecular weight is 324 g/mol. The number of carboxylic acid groups (broad SMARTS) is 1. The van der Waals surface area contributed by atoms with Crippen molar-refractivity contribution in [3.63, 3.8) is 0 Å². The Balaban J connectivity index is 2.08. The van der Waals surface area contributed by atoms with Crippen molar-refractivity contribution in [2.24, 2.45) is 0 Å². The van der Waals surface area contributed by atoms with E-state index >= 15 is 0 Å². The first kappa shape index (κ1) is 13.4. The van der Waals surface area contributed by atoms with Gasteiger partial charge in [0.1, 0.15) is 11.6 Å². The molecule has 1 fully saturated rings. The molecule has 98 valence electrons. The Morgan fingerprint density at radius 1 is 1.42 bits per heavy atom. The third-order valence-corrected chi connectivity index (χ3v) is 3.36. The van der Waals surface area contributed by atoms with Gasteiger partial charge in [0.15, 0.2) is 0 Å². The predicted octanol–water partition coefficient (Wildman–Crippen LogP) is 2.06. The molecule has 0 aromatic heterocycles. The molecule has 0 saturated heterocycles. The van der Waals surface area contributed by atoms with E-state index in [1.54, 1.807) is 18.2 Å². The lowest BCUT2D eigenvalue weighted by Gasteiger charge is -2.14. The lowest BCUT2D eigenvalue weighted by molar-refractivity contribution is -0.140. The smallest absolute Gasteiger partial charge is 0.329 e. The molecule has 6 nitrogen and oxygen atoms in total. The molecule has 1 aromatic carbocycles. The number of anilines is 1. The molecule has 1 saturated carbocycles. The molecule has 0 aliphatic heterocycles. The highest BCUT2D eigenvalue weighted by Crippen LogP contribution is 2.35. The maximum atomic E-state index is 11.7. The molecule has 0 radical (unpaired) electrons. The molecule has 7 heteroatoms. The number of amides is 2. The number of nitrogens with one attached hydrogen (secondary N) is 2. The molecule has 1 aliphatic rings. The summed E-state index contributed by atoms with van der Waals surface area (Å²) in [4.78, 5) is 22.7. The number of carboxylic acids is 1. The third kappa shape index (κ3) is 2.85. The van der Waals surface area contributed by atoms with Crippen molar-refractivity contribution in [1.82, 2.24) is 5.32 Å². The van der Waals surface area contributed by atoms with Crippen LogP contribution in [0.1, 0.15) is 18.4 Å². The molecule has 2 amide bonds. The van der Waals surface area contributed by atoms with Crippen LogP contribution in [-0.4, -0.2) is 22.6 Å². The Kier molecular flexibility index (Phi) is 3.44. The number of halogens is 1. The normalized spacial score (nSPS) is 15.2. The topological polar surface area (TPSA) is 102 Å². The maximum Gasteiger partial charge on any atom is 0.329 e. The summed E-state index contributed by atoms with van der Waals surface area (Å²) in [5.74, 6) is -1.04. The van der Waals surface area contributed by atoms with Crippen LogP contribution in [0.5, 0.6) is 0 Å². The fourth-order valence-corrected chi connectivity index (χ4v) is 1.97. The summed E-state index contributed by atoms with van der Waals surface area (Å²) in [5.41, 5.74) is -0.513. The highest BCUT2D eigenvalue weighted by atomic mass is 79.9. The first-order valence-corrected chi connectivity index (χ1v) is 6.28. The quantitative estimate of drug-likeness (QED) is 0.792. The van der Waals surface area contributed by atoms with Gasteiger partial charge in [0.2, 0.25) is 0 Å². The molecule has 2 rings (SSSR count). The molecule has 0 heterocycles. The lowest BCUT2D eigenvalue weighted by Crippen LogP contribution is -2.45. The average Bonchev–Trinajstić information content (AvgIpc) is 3.12. The van der Waals surface area contributed by atoms with Crippen LogP contribution in [-0.2, 0) is 4.79 Å². The molecule has 0 atom stereocenters. The van der Waals surface area contributed by atoms with E-state index in [2.05, 4.69) is 26.6 Å². The van der Waals surface area contributed by atoms with E-state index in [0.717, 1.165) is 4.47 Å². The van der Waals surface area contributed by atoms with Crippen LogP contribution in [0.3, 0.4) is 0 Å². The van der Waals surface area contributed by atoms with Gasteiger partial charge in [-0.2, -0.15) is 5.26 Å². The summed E-state index contributed by atoms with van der Waals surface area (Å²) in [7, 11) is 0. The zero-order chi connectivity index (χ0) is 14.0. The first-order valence-electron chi connectivity index (χ1n) is 5.49. The molecule has 0 bridgehead atoms. The Bertz CT molecular complexity index is 590. The fourth-order valence-electron chi connectivity index (χ4n) is 1.61. The highest BCUT2D eigenvalue weighted by Gasteiger charge is 2.51. The Hall–Kier alpha value is -2.07. The van der Waals surface area contributed by atoms with Crippen molar-refractivity contribution in [1.29, 1.82) is 5.26 Å². The molecule has 0 unspecified atom stereocenters. The van der Waals surface area contributed by atoms with Gasteiger partial charge in [0.25, 0.3) is 0 Å². The Morgan fingerprint density at radius 2 is 2.11 bits per heavy atom. The number of hydrogen-bond donors (Lipinski definition) is 3. The number of benzene rings is 1. The summed E-state index contributed by atoms with van der Waals surface area (Å²) < 4.78 is 0.721. The van der Waals surface area contributed by atoms with E-state index in [-0.39, 0.29) is 0 Å². The molecule has 3 N–H and O–H groups in total. The molecule has 0 spiro atoms. The summed E-state index contributed by atoms with van der Waals surface area (Å²) in [6, 6.07) is 6.15. The van der Waals surface area contributed by atoms with Crippen LogP contribution in [0.15, 0.2) is 22.7 Å². The number of nitriles is 1. The minimum atomic E-state index is -1.15. The van der Waals surface area contributed by atoms with Gasteiger partial charge in [0, 0.05) is 4.47 Å². The van der Waals surface area contributed by atoms with Crippen molar-refractivity contribution in [3.8, 4) is 6.07 Å². The standard InChI is InChI=1S/C12H10BrN3O3/c13-8-1-2-9(7(5-8)6-14)15-11(19)16-12(3-4-12)10(17)18/h1-2,5H,3-4H2,(H,17,18)(H2,15,16,19). The van der Waals surface area contributed by atoms with E-state index in [1.165, 1.54) is 0 Å². The van der Waals surface area contributed by atoms with E-state index in [1.807, 2.05) is 6.07 Å². The van der Waals surface area contributed by atoms with Crippen LogP contribution in [0, 0.1) is 11.3 Å². The van der Waals surface area contributed by atoms with Crippen LogP contribution in [0.2, 0.25) is 0 Å². The van der Waals surface area contributed by atoms with Gasteiger partial charge < -0.3 is 15.7 Å². The number of carbonyl (C=O) groups is 2. The summed E-state index contributed by atoms with van der Waals surface area (Å²) in [6.07, 6.45) is 0.836. The van der Waals surface area contributed by atoms with Crippen LogP contribution >= 0.6 is 15.9 Å². The largest absolute Gasteiger partial charge is 0.480 e. The van der Waals surface area contributed by atoms with Crippen molar-refractivity contribution in [2.45, 2.75) is 18.4 Å². The number of urea groups is 1. The Morgan fingerprint density at radius 3 is 2.63 bits per heavy atom. The summed E-state index contributed by atoms with van der Waals surface area (Å²) in [6.45, 7) is 0. The molecule has 19 heavy (non-hydrogen) atoms. The van der Waals surface area contributed by atoms with E-state index in [9.17, 15) is 9.59 Å².